The summed E-state index contributed by atoms with van der Waals surface area (Å²) in [4.78, 5) is 8.78. The Hall–Kier alpha value is -0.770. The smallest absolute Gasteiger partial charge is 0.402 e. The van der Waals surface area contributed by atoms with Crippen LogP contribution in [0.5, 0.6) is 0 Å². The number of unbranched alkanes of at least 4 members (excludes halogenated alkanes) is 1. The van der Waals surface area contributed by atoms with Gasteiger partial charge in [-0.3, -0.25) is 0 Å². The van der Waals surface area contributed by atoms with Crippen molar-refractivity contribution in [3.8, 4) is 0 Å². The van der Waals surface area contributed by atoms with E-state index in [4.69, 9.17) is 15.0 Å². The molecule has 0 fully saturated rings. The highest BCUT2D eigenvalue weighted by Crippen LogP contribution is 1.78. The molecule has 0 heterocycles. The molecule has 0 aromatic carbocycles. The zero-order chi connectivity index (χ0) is 7.70. The minimum atomic E-state index is -1.33. The number of rotatable bonds is 2. The molecule has 0 aromatic rings. The summed E-state index contributed by atoms with van der Waals surface area (Å²) in [6.45, 7) is 2.40. The summed E-state index contributed by atoms with van der Waals surface area (Å²) < 4.78 is 0. The minimum absolute atomic E-state index is 0.344. The van der Waals surface area contributed by atoms with Gasteiger partial charge in [0.2, 0.25) is 0 Å². The molecular weight excluding hydrogens is 122 g/mol. The van der Waals surface area contributed by atoms with Crippen LogP contribution in [0.25, 0.3) is 0 Å². The van der Waals surface area contributed by atoms with Gasteiger partial charge in [0.25, 0.3) is 0 Å². The van der Waals surface area contributed by atoms with Gasteiger partial charge in [-0.2, -0.15) is 0 Å². The zero-order valence-electron chi connectivity index (χ0n) is 5.50. The fraction of sp³-hybridized carbons (Fsp3) is 0.800. The monoisotopic (exact) mass is 135 g/mol. The third-order valence-electron chi connectivity index (χ3n) is 0.512. The second-order valence-corrected chi connectivity index (χ2v) is 1.42. The first-order valence-corrected chi connectivity index (χ1v) is 2.74. The lowest BCUT2D eigenvalue weighted by Gasteiger charge is -1.79. The minimum Gasteiger partial charge on any atom is -0.465 e. The summed E-state index contributed by atoms with van der Waals surface area (Å²) in [5.41, 5.74) is 4.03. The Bertz CT molecular complexity index is 59.2. The number of primary amides is 1. The number of hydrogen-bond donors (Lipinski definition) is 3. The van der Waals surface area contributed by atoms with Crippen molar-refractivity contribution in [2.45, 2.75) is 19.8 Å². The predicted octanol–water partition coefficient (Wildman–Crippen LogP) is 0.402. The maximum absolute atomic E-state index is 8.78. The maximum Gasteiger partial charge on any atom is 0.402 e. The first kappa shape index (κ1) is 11.1. The lowest BCUT2D eigenvalue weighted by molar-refractivity contribution is 0.205. The Morgan fingerprint density at radius 1 is 1.67 bits per heavy atom. The molecule has 9 heavy (non-hydrogen) atoms. The molecule has 0 aliphatic heterocycles. The van der Waals surface area contributed by atoms with E-state index in [9.17, 15) is 0 Å². The quantitative estimate of drug-likeness (QED) is 0.512. The van der Waals surface area contributed by atoms with E-state index < -0.39 is 6.09 Å². The summed E-state index contributed by atoms with van der Waals surface area (Å²) in [6.07, 6.45) is 0.705. The van der Waals surface area contributed by atoms with Crippen molar-refractivity contribution < 1.29 is 15.0 Å². The number of nitrogens with two attached hydrogens (primary N) is 1. The molecule has 4 nitrogen and oxygen atoms in total. The van der Waals surface area contributed by atoms with E-state index in [2.05, 4.69) is 12.7 Å². The predicted molar refractivity (Wildman–Crippen MR) is 34.2 cm³/mol. The molecule has 4 heteroatoms. The molecule has 0 bridgehead atoms. The van der Waals surface area contributed by atoms with Gasteiger partial charge >= 0.3 is 6.09 Å². The molecule has 0 aliphatic carbocycles. The molecule has 1 amide bonds. The van der Waals surface area contributed by atoms with E-state index in [0.29, 0.717) is 6.61 Å². The fourth-order valence-electron chi connectivity index (χ4n) is 0.158. The van der Waals surface area contributed by atoms with Crippen LogP contribution in [0.1, 0.15) is 19.8 Å². The van der Waals surface area contributed by atoms with Crippen molar-refractivity contribution in [1.29, 1.82) is 0 Å². The van der Waals surface area contributed by atoms with Gasteiger partial charge in [-0.25, -0.2) is 4.79 Å². The van der Waals surface area contributed by atoms with Crippen LogP contribution in [0.15, 0.2) is 0 Å². The topological polar surface area (TPSA) is 83.5 Å². The second kappa shape index (κ2) is 10.3. The molecule has 56 valence electrons. The molecule has 0 aromatic heterocycles. The molecule has 0 atom stereocenters. The molecule has 0 saturated heterocycles. The van der Waals surface area contributed by atoms with Crippen LogP contribution < -0.4 is 5.73 Å². The number of carbonyl (C=O) groups is 1. The Kier molecular flexibility index (Phi) is 12.6. The third-order valence-corrected chi connectivity index (χ3v) is 0.512. The molecule has 0 spiro atoms. The Balaban J connectivity index is 0. The van der Waals surface area contributed by atoms with Gasteiger partial charge in [-0.05, 0) is 6.42 Å². The van der Waals surface area contributed by atoms with Gasteiger partial charge in [-0.1, -0.05) is 13.3 Å². The molecule has 4 N–H and O–H groups in total. The zero-order valence-corrected chi connectivity index (χ0v) is 5.50. The highest BCUT2D eigenvalue weighted by molar-refractivity contribution is 5.61. The summed E-state index contributed by atoms with van der Waals surface area (Å²) >= 11 is 0. The van der Waals surface area contributed by atoms with E-state index in [1.165, 1.54) is 0 Å². The van der Waals surface area contributed by atoms with E-state index in [1.807, 2.05) is 0 Å². The molecular formula is C5H13NO3. The first-order chi connectivity index (χ1) is 4.15. The Labute approximate surface area is 54.3 Å². The standard InChI is InChI=1S/C4H10O.CH3NO2/c1-2-3-4-5;2-1(3)4/h5H,2-4H2,1H3;2H2,(H,3,4). The van der Waals surface area contributed by atoms with Crippen LogP contribution in [0.3, 0.4) is 0 Å². The van der Waals surface area contributed by atoms with E-state index in [-0.39, 0.29) is 0 Å². The summed E-state index contributed by atoms with van der Waals surface area (Å²) in [6, 6.07) is 0. The fourth-order valence-corrected chi connectivity index (χ4v) is 0.158. The largest absolute Gasteiger partial charge is 0.465 e. The molecule has 0 aliphatic rings. The van der Waals surface area contributed by atoms with Gasteiger partial charge in [0.15, 0.2) is 0 Å². The number of aliphatic hydroxyl groups excluding tert-OH is 1. The van der Waals surface area contributed by atoms with Crippen LogP contribution >= 0.6 is 0 Å². The highest BCUT2D eigenvalue weighted by atomic mass is 16.4. The molecule has 0 saturated carbocycles. The van der Waals surface area contributed by atoms with Crippen molar-refractivity contribution in [3.63, 3.8) is 0 Å². The lowest BCUT2D eigenvalue weighted by Crippen LogP contribution is -2.03. The van der Waals surface area contributed by atoms with Crippen LogP contribution in [0.4, 0.5) is 4.79 Å². The van der Waals surface area contributed by atoms with Crippen LogP contribution in [-0.2, 0) is 0 Å². The van der Waals surface area contributed by atoms with Crippen molar-refractivity contribution in [2.75, 3.05) is 6.61 Å². The highest BCUT2D eigenvalue weighted by Gasteiger charge is 1.69. The van der Waals surface area contributed by atoms with Gasteiger partial charge in [0.1, 0.15) is 0 Å². The van der Waals surface area contributed by atoms with E-state index >= 15 is 0 Å². The van der Waals surface area contributed by atoms with Crippen molar-refractivity contribution in [3.05, 3.63) is 0 Å². The molecule has 0 unspecified atom stereocenters. The summed E-state index contributed by atoms with van der Waals surface area (Å²) in [5.74, 6) is 0. The average molecular weight is 135 g/mol. The SMILES string of the molecule is CCCCO.NC(=O)O. The van der Waals surface area contributed by atoms with Crippen molar-refractivity contribution in [1.82, 2.24) is 0 Å². The van der Waals surface area contributed by atoms with E-state index in [1.54, 1.807) is 0 Å². The molecule has 0 radical (unpaired) electrons. The van der Waals surface area contributed by atoms with E-state index in [0.717, 1.165) is 12.8 Å². The number of carboxylic acid groups (broad SMARTS) is 1. The van der Waals surface area contributed by atoms with Gasteiger partial charge in [0, 0.05) is 6.61 Å². The maximum atomic E-state index is 8.78. The van der Waals surface area contributed by atoms with Crippen LogP contribution in [-0.4, -0.2) is 22.9 Å². The lowest BCUT2D eigenvalue weighted by atomic mass is 10.4. The van der Waals surface area contributed by atoms with Gasteiger partial charge < -0.3 is 15.9 Å². The van der Waals surface area contributed by atoms with Crippen LogP contribution in [0, 0.1) is 0 Å². The van der Waals surface area contributed by atoms with Crippen molar-refractivity contribution >= 4 is 6.09 Å². The normalized spacial score (nSPS) is 7.33. The summed E-state index contributed by atoms with van der Waals surface area (Å²) in [5, 5.41) is 15.3. The Morgan fingerprint density at radius 3 is 2.00 bits per heavy atom. The third kappa shape index (κ3) is 131. The summed E-state index contributed by atoms with van der Waals surface area (Å²) in [7, 11) is 0. The number of aliphatic hydroxyl groups is 1. The average Bonchev–Trinajstić information content (AvgIpc) is 1.66. The van der Waals surface area contributed by atoms with Gasteiger partial charge in [-0.15, -0.1) is 0 Å². The number of amides is 1. The molecule has 0 rings (SSSR count). The van der Waals surface area contributed by atoms with Crippen LogP contribution in [0.2, 0.25) is 0 Å². The second-order valence-electron chi connectivity index (χ2n) is 1.42. The van der Waals surface area contributed by atoms with Crippen molar-refractivity contribution in [2.24, 2.45) is 5.73 Å². The van der Waals surface area contributed by atoms with Gasteiger partial charge in [0.05, 0.1) is 0 Å². The first-order valence-electron chi connectivity index (χ1n) is 2.74. The number of hydrogen-bond acceptors (Lipinski definition) is 2. The Morgan fingerprint density at radius 2 is 2.00 bits per heavy atom.